The predicted molar refractivity (Wildman–Crippen MR) is 67.1 cm³/mol. The average Bonchev–Trinajstić information content (AvgIpc) is 2.40. The number of nitrogens with zero attached hydrogens (tertiary/aromatic N) is 2. The van der Waals surface area contributed by atoms with Gasteiger partial charge in [-0.1, -0.05) is 6.07 Å². The van der Waals surface area contributed by atoms with Gasteiger partial charge in [0.25, 0.3) is 5.91 Å². The lowest BCUT2D eigenvalue weighted by atomic mass is 10.2. The Kier molecular flexibility index (Phi) is 3.52. The summed E-state index contributed by atoms with van der Waals surface area (Å²) in [5.74, 6) is -0.226. The maximum atomic E-state index is 11.8. The van der Waals surface area contributed by atoms with E-state index in [1.807, 2.05) is 18.2 Å². The quantitative estimate of drug-likeness (QED) is 0.863. The number of hydrogen-bond acceptors (Lipinski definition) is 3. The van der Waals surface area contributed by atoms with E-state index in [1.54, 1.807) is 13.2 Å². The summed E-state index contributed by atoms with van der Waals surface area (Å²) in [5, 5.41) is 2.75. The average molecular weight is 243 g/mol. The monoisotopic (exact) mass is 243 g/mol. The van der Waals surface area contributed by atoms with Gasteiger partial charge in [0.2, 0.25) is 5.56 Å². The highest BCUT2D eigenvalue weighted by atomic mass is 16.2. The normalized spacial score (nSPS) is 10.1. The van der Waals surface area contributed by atoms with E-state index in [9.17, 15) is 9.59 Å². The van der Waals surface area contributed by atoms with Crippen LogP contribution in [0.4, 0.5) is 0 Å². The summed E-state index contributed by atoms with van der Waals surface area (Å²) in [6.07, 6.45) is 3.18. The number of aromatic nitrogens is 2. The predicted octanol–water partition coefficient (Wildman–Crippen LogP) is 0.710. The van der Waals surface area contributed by atoms with Gasteiger partial charge in [-0.3, -0.25) is 14.6 Å². The van der Waals surface area contributed by atoms with Gasteiger partial charge in [0.15, 0.2) is 0 Å². The van der Waals surface area contributed by atoms with Gasteiger partial charge >= 0.3 is 0 Å². The molecule has 0 fully saturated rings. The lowest BCUT2D eigenvalue weighted by molar-refractivity contribution is 0.0949. The fraction of sp³-hybridized carbons (Fsp3) is 0.154. The highest BCUT2D eigenvalue weighted by molar-refractivity contribution is 5.93. The van der Waals surface area contributed by atoms with Crippen LogP contribution in [-0.4, -0.2) is 15.5 Å². The summed E-state index contributed by atoms with van der Waals surface area (Å²) in [7, 11) is 1.61. The Morgan fingerprint density at radius 1 is 1.33 bits per heavy atom. The van der Waals surface area contributed by atoms with Crippen molar-refractivity contribution in [2.75, 3.05) is 0 Å². The van der Waals surface area contributed by atoms with Crippen molar-refractivity contribution in [3.8, 4) is 0 Å². The van der Waals surface area contributed by atoms with Crippen molar-refractivity contribution in [2.24, 2.45) is 7.05 Å². The Labute approximate surface area is 104 Å². The molecule has 92 valence electrons. The van der Waals surface area contributed by atoms with Crippen molar-refractivity contribution in [3.63, 3.8) is 0 Å². The molecule has 18 heavy (non-hydrogen) atoms. The van der Waals surface area contributed by atoms with Crippen LogP contribution in [0.2, 0.25) is 0 Å². The van der Waals surface area contributed by atoms with Crippen molar-refractivity contribution < 1.29 is 4.79 Å². The van der Waals surface area contributed by atoms with Crippen LogP contribution in [0.25, 0.3) is 0 Å². The Bertz CT molecular complexity index is 605. The van der Waals surface area contributed by atoms with Crippen LogP contribution in [0.3, 0.4) is 0 Å². The molecule has 0 aromatic carbocycles. The minimum Gasteiger partial charge on any atom is -0.346 e. The SMILES string of the molecule is Cn1cc(C(=O)NCc2ccccn2)ccc1=O. The van der Waals surface area contributed by atoms with E-state index < -0.39 is 0 Å². The van der Waals surface area contributed by atoms with Crippen molar-refractivity contribution in [1.82, 2.24) is 14.9 Å². The molecule has 5 nitrogen and oxygen atoms in total. The first-order valence-electron chi connectivity index (χ1n) is 5.51. The van der Waals surface area contributed by atoms with Gasteiger partial charge in [0.05, 0.1) is 17.8 Å². The second kappa shape index (κ2) is 5.27. The van der Waals surface area contributed by atoms with Crippen LogP contribution in [0, 0.1) is 0 Å². The van der Waals surface area contributed by atoms with E-state index in [0.717, 1.165) is 5.69 Å². The molecular weight excluding hydrogens is 230 g/mol. The summed E-state index contributed by atoms with van der Waals surface area (Å²) in [4.78, 5) is 27.1. The fourth-order valence-electron chi connectivity index (χ4n) is 1.50. The van der Waals surface area contributed by atoms with Gasteiger partial charge in [-0.15, -0.1) is 0 Å². The molecule has 2 heterocycles. The third-order valence-electron chi connectivity index (χ3n) is 2.50. The summed E-state index contributed by atoms with van der Waals surface area (Å²) in [6, 6.07) is 8.39. The Morgan fingerprint density at radius 3 is 2.83 bits per heavy atom. The second-order valence-electron chi connectivity index (χ2n) is 3.87. The van der Waals surface area contributed by atoms with Crippen LogP contribution < -0.4 is 10.9 Å². The molecule has 0 aliphatic rings. The smallest absolute Gasteiger partial charge is 0.253 e. The molecule has 0 atom stereocenters. The Morgan fingerprint density at radius 2 is 2.17 bits per heavy atom. The molecule has 2 rings (SSSR count). The highest BCUT2D eigenvalue weighted by Gasteiger charge is 2.06. The molecule has 2 aromatic heterocycles. The molecule has 2 aromatic rings. The molecule has 0 radical (unpaired) electrons. The van der Waals surface area contributed by atoms with Gasteiger partial charge in [0, 0.05) is 25.5 Å². The lowest BCUT2D eigenvalue weighted by Crippen LogP contribution is -2.25. The third-order valence-corrected chi connectivity index (χ3v) is 2.50. The summed E-state index contributed by atoms with van der Waals surface area (Å²) >= 11 is 0. The fourth-order valence-corrected chi connectivity index (χ4v) is 1.50. The molecule has 0 aliphatic heterocycles. The minimum atomic E-state index is -0.226. The van der Waals surface area contributed by atoms with Gasteiger partial charge < -0.3 is 9.88 Å². The molecule has 0 spiro atoms. The van der Waals surface area contributed by atoms with Crippen LogP contribution in [-0.2, 0) is 13.6 Å². The zero-order valence-corrected chi connectivity index (χ0v) is 9.96. The first-order valence-corrected chi connectivity index (χ1v) is 5.51. The number of hydrogen-bond donors (Lipinski definition) is 1. The van der Waals surface area contributed by atoms with Gasteiger partial charge in [-0.2, -0.15) is 0 Å². The molecule has 1 amide bonds. The topological polar surface area (TPSA) is 64.0 Å². The molecule has 0 saturated heterocycles. The Balaban J connectivity index is 2.04. The zero-order valence-electron chi connectivity index (χ0n) is 9.96. The van der Waals surface area contributed by atoms with Crippen molar-refractivity contribution in [2.45, 2.75) is 6.54 Å². The summed E-state index contributed by atoms with van der Waals surface area (Å²) in [5.41, 5.74) is 1.10. The molecule has 0 saturated carbocycles. The largest absolute Gasteiger partial charge is 0.346 e. The number of carbonyl (C=O) groups is 1. The van der Waals surface area contributed by atoms with Gasteiger partial charge in [0.1, 0.15) is 0 Å². The third kappa shape index (κ3) is 2.82. The summed E-state index contributed by atoms with van der Waals surface area (Å²) in [6.45, 7) is 0.364. The number of nitrogens with one attached hydrogen (secondary N) is 1. The molecule has 5 heteroatoms. The van der Waals surface area contributed by atoms with Crippen molar-refractivity contribution in [3.05, 3.63) is 64.3 Å². The zero-order chi connectivity index (χ0) is 13.0. The second-order valence-corrected chi connectivity index (χ2v) is 3.87. The van der Waals surface area contributed by atoms with Crippen LogP contribution in [0.5, 0.6) is 0 Å². The van der Waals surface area contributed by atoms with E-state index in [1.165, 1.54) is 22.9 Å². The van der Waals surface area contributed by atoms with E-state index in [4.69, 9.17) is 0 Å². The van der Waals surface area contributed by atoms with E-state index in [0.29, 0.717) is 12.1 Å². The number of aryl methyl sites for hydroxylation is 1. The van der Waals surface area contributed by atoms with Crippen molar-refractivity contribution in [1.29, 1.82) is 0 Å². The van der Waals surface area contributed by atoms with Crippen LogP contribution >= 0.6 is 0 Å². The van der Waals surface area contributed by atoms with Crippen molar-refractivity contribution >= 4 is 5.91 Å². The molecule has 0 unspecified atom stereocenters. The van der Waals surface area contributed by atoms with E-state index in [-0.39, 0.29) is 11.5 Å². The lowest BCUT2D eigenvalue weighted by Gasteiger charge is -2.05. The molecule has 0 aliphatic carbocycles. The molecule has 0 bridgehead atoms. The first-order chi connectivity index (χ1) is 8.66. The maximum absolute atomic E-state index is 11.8. The van der Waals surface area contributed by atoms with Crippen LogP contribution in [0.1, 0.15) is 16.1 Å². The highest BCUT2D eigenvalue weighted by Crippen LogP contribution is 1.97. The number of rotatable bonds is 3. The standard InChI is InChI=1S/C13H13N3O2/c1-16-9-10(5-6-12(16)17)13(18)15-8-11-4-2-3-7-14-11/h2-7,9H,8H2,1H3,(H,15,18). The summed E-state index contributed by atoms with van der Waals surface area (Å²) < 4.78 is 1.37. The molecule has 1 N–H and O–H groups in total. The number of carbonyl (C=O) groups excluding carboxylic acids is 1. The van der Waals surface area contributed by atoms with E-state index in [2.05, 4.69) is 10.3 Å². The molecular formula is C13H13N3O2. The van der Waals surface area contributed by atoms with Gasteiger partial charge in [-0.25, -0.2) is 0 Å². The van der Waals surface area contributed by atoms with E-state index >= 15 is 0 Å². The number of amides is 1. The van der Waals surface area contributed by atoms with Gasteiger partial charge in [-0.05, 0) is 18.2 Å². The first kappa shape index (κ1) is 12.0. The number of pyridine rings is 2. The Hall–Kier alpha value is -2.43. The maximum Gasteiger partial charge on any atom is 0.253 e. The van der Waals surface area contributed by atoms with Crippen LogP contribution in [0.15, 0.2) is 47.5 Å². The minimum absolute atomic E-state index is 0.142.